The van der Waals surface area contributed by atoms with Gasteiger partial charge in [0.05, 0.1) is 14.2 Å². The molecule has 1 aromatic carbocycles. The number of amides is 1. The molecule has 0 saturated heterocycles. The summed E-state index contributed by atoms with van der Waals surface area (Å²) in [5.41, 5.74) is 0.688. The lowest BCUT2D eigenvalue weighted by Crippen LogP contribution is -2.32. The van der Waals surface area contributed by atoms with Gasteiger partial charge in [0.25, 0.3) is 5.91 Å². The van der Waals surface area contributed by atoms with E-state index in [-0.39, 0.29) is 17.5 Å². The molecular formula is C16H20N2O3. The highest BCUT2D eigenvalue weighted by Crippen LogP contribution is 2.26. The third kappa shape index (κ3) is 4.53. The van der Waals surface area contributed by atoms with Crippen LogP contribution in [0, 0.1) is 11.3 Å². The number of benzene rings is 1. The fourth-order valence-electron chi connectivity index (χ4n) is 1.65. The smallest absolute Gasteiger partial charge is 0.262 e. The number of carbonyl (C=O) groups is 1. The van der Waals surface area contributed by atoms with Gasteiger partial charge < -0.3 is 14.8 Å². The minimum Gasteiger partial charge on any atom is -0.497 e. The van der Waals surface area contributed by atoms with Gasteiger partial charge in [0.1, 0.15) is 23.1 Å². The van der Waals surface area contributed by atoms with Gasteiger partial charge in [-0.15, -0.1) is 0 Å². The molecule has 0 heterocycles. The quantitative estimate of drug-likeness (QED) is 0.645. The number of hydrogen-bond donors (Lipinski definition) is 1. The van der Waals surface area contributed by atoms with Crippen LogP contribution in [-0.4, -0.2) is 26.2 Å². The minimum absolute atomic E-state index is 0.0204. The number of carbonyl (C=O) groups excluding carboxylic acids is 1. The van der Waals surface area contributed by atoms with Gasteiger partial charge in [-0.1, -0.05) is 6.92 Å². The lowest BCUT2D eigenvalue weighted by molar-refractivity contribution is -0.117. The predicted octanol–water partition coefficient (Wildman–Crippen LogP) is 2.53. The molecule has 1 amide bonds. The van der Waals surface area contributed by atoms with E-state index in [1.54, 1.807) is 25.3 Å². The van der Waals surface area contributed by atoms with Gasteiger partial charge in [-0.25, -0.2) is 0 Å². The predicted molar refractivity (Wildman–Crippen MR) is 81.0 cm³/mol. The van der Waals surface area contributed by atoms with Crippen molar-refractivity contribution < 1.29 is 14.3 Å². The molecule has 0 spiro atoms. The van der Waals surface area contributed by atoms with Crippen molar-refractivity contribution in [3.63, 3.8) is 0 Å². The van der Waals surface area contributed by atoms with E-state index in [4.69, 9.17) is 14.7 Å². The van der Waals surface area contributed by atoms with E-state index in [2.05, 4.69) is 5.32 Å². The van der Waals surface area contributed by atoms with Crippen LogP contribution in [0.25, 0.3) is 6.08 Å². The number of rotatable bonds is 6. The summed E-state index contributed by atoms with van der Waals surface area (Å²) in [5, 5.41) is 11.9. The Morgan fingerprint density at radius 1 is 1.43 bits per heavy atom. The van der Waals surface area contributed by atoms with Crippen molar-refractivity contribution in [2.24, 2.45) is 0 Å². The van der Waals surface area contributed by atoms with Crippen molar-refractivity contribution in [2.45, 2.75) is 26.3 Å². The summed E-state index contributed by atoms with van der Waals surface area (Å²) in [6, 6.07) is 7.13. The maximum atomic E-state index is 12.0. The first kappa shape index (κ1) is 16.6. The van der Waals surface area contributed by atoms with Crippen molar-refractivity contribution in [3.05, 3.63) is 29.3 Å². The topological polar surface area (TPSA) is 71.4 Å². The molecule has 0 aliphatic heterocycles. The second-order valence-electron chi connectivity index (χ2n) is 4.56. The molecule has 1 rings (SSSR count). The maximum Gasteiger partial charge on any atom is 0.262 e. The Morgan fingerprint density at radius 3 is 2.67 bits per heavy atom. The van der Waals surface area contributed by atoms with Gasteiger partial charge in [0.15, 0.2) is 0 Å². The van der Waals surface area contributed by atoms with Crippen molar-refractivity contribution in [1.29, 1.82) is 5.26 Å². The summed E-state index contributed by atoms with van der Waals surface area (Å²) in [4.78, 5) is 12.0. The first-order chi connectivity index (χ1) is 10.0. The number of nitrogens with zero attached hydrogens (tertiary/aromatic N) is 1. The molecule has 0 aliphatic carbocycles. The molecule has 5 heteroatoms. The SMILES string of the molecule is CC[C@@H](C)NC(=O)/C(C#N)=C/c1ccc(OC)cc1OC. The van der Waals surface area contributed by atoms with E-state index >= 15 is 0 Å². The molecule has 1 aromatic rings. The van der Waals surface area contributed by atoms with E-state index in [0.717, 1.165) is 6.42 Å². The third-order valence-electron chi connectivity index (χ3n) is 3.10. The van der Waals surface area contributed by atoms with E-state index in [1.165, 1.54) is 13.2 Å². The molecular weight excluding hydrogens is 268 g/mol. The van der Waals surface area contributed by atoms with Crippen LogP contribution in [-0.2, 0) is 4.79 Å². The number of nitriles is 1. The van der Waals surface area contributed by atoms with Gasteiger partial charge >= 0.3 is 0 Å². The molecule has 21 heavy (non-hydrogen) atoms. The molecule has 0 fully saturated rings. The molecule has 112 valence electrons. The zero-order chi connectivity index (χ0) is 15.8. The van der Waals surface area contributed by atoms with Crippen LogP contribution >= 0.6 is 0 Å². The van der Waals surface area contributed by atoms with E-state index in [1.807, 2.05) is 19.9 Å². The molecule has 1 N–H and O–H groups in total. The van der Waals surface area contributed by atoms with Crippen LogP contribution in [0.4, 0.5) is 0 Å². The summed E-state index contributed by atoms with van der Waals surface area (Å²) in [7, 11) is 3.09. The standard InChI is InChI=1S/C16H20N2O3/c1-5-11(2)18-16(19)13(10-17)8-12-6-7-14(20-3)9-15(12)21-4/h6-9,11H,5H2,1-4H3,(H,18,19)/b13-8+/t11-/m1/s1. The highest BCUT2D eigenvalue weighted by molar-refractivity contribution is 6.02. The largest absolute Gasteiger partial charge is 0.497 e. The average Bonchev–Trinajstić information content (AvgIpc) is 2.51. The van der Waals surface area contributed by atoms with E-state index < -0.39 is 0 Å². The average molecular weight is 288 g/mol. The van der Waals surface area contributed by atoms with E-state index in [0.29, 0.717) is 17.1 Å². The number of hydrogen-bond acceptors (Lipinski definition) is 4. The van der Waals surface area contributed by atoms with Crippen LogP contribution in [0.5, 0.6) is 11.5 Å². The summed E-state index contributed by atoms with van der Waals surface area (Å²) >= 11 is 0. The molecule has 0 aliphatic rings. The van der Waals surface area contributed by atoms with Gasteiger partial charge in [-0.2, -0.15) is 5.26 Å². The Morgan fingerprint density at radius 2 is 2.14 bits per heavy atom. The van der Waals surface area contributed by atoms with Crippen LogP contribution in [0.15, 0.2) is 23.8 Å². The second kappa shape index (κ2) is 7.95. The highest BCUT2D eigenvalue weighted by atomic mass is 16.5. The van der Waals surface area contributed by atoms with Gasteiger partial charge in [-0.05, 0) is 31.6 Å². The molecule has 0 bridgehead atoms. The molecule has 0 unspecified atom stereocenters. The minimum atomic E-state index is -0.385. The fourth-order valence-corrected chi connectivity index (χ4v) is 1.65. The summed E-state index contributed by atoms with van der Waals surface area (Å²) in [5.74, 6) is 0.801. The van der Waals surface area contributed by atoms with Crippen molar-refractivity contribution in [3.8, 4) is 17.6 Å². The van der Waals surface area contributed by atoms with Crippen LogP contribution < -0.4 is 14.8 Å². The molecule has 0 aromatic heterocycles. The van der Waals surface area contributed by atoms with Crippen LogP contribution in [0.1, 0.15) is 25.8 Å². The lowest BCUT2D eigenvalue weighted by Gasteiger charge is -2.11. The number of nitrogens with one attached hydrogen (secondary N) is 1. The summed E-state index contributed by atoms with van der Waals surface area (Å²) in [6.07, 6.45) is 2.31. The second-order valence-corrected chi connectivity index (χ2v) is 4.56. The Labute approximate surface area is 125 Å². The Hall–Kier alpha value is -2.48. The zero-order valence-corrected chi connectivity index (χ0v) is 12.8. The van der Waals surface area contributed by atoms with Crippen molar-refractivity contribution in [1.82, 2.24) is 5.32 Å². The van der Waals surface area contributed by atoms with Gasteiger partial charge in [0.2, 0.25) is 0 Å². The molecule has 0 saturated carbocycles. The summed E-state index contributed by atoms with van der Waals surface area (Å²) < 4.78 is 10.4. The zero-order valence-electron chi connectivity index (χ0n) is 12.8. The fraction of sp³-hybridized carbons (Fsp3) is 0.375. The Bertz CT molecular complexity index is 573. The summed E-state index contributed by atoms with van der Waals surface area (Å²) in [6.45, 7) is 3.86. The van der Waals surface area contributed by atoms with Crippen LogP contribution in [0.2, 0.25) is 0 Å². The van der Waals surface area contributed by atoms with Crippen molar-refractivity contribution >= 4 is 12.0 Å². The molecule has 0 radical (unpaired) electrons. The van der Waals surface area contributed by atoms with Crippen molar-refractivity contribution in [2.75, 3.05) is 14.2 Å². The van der Waals surface area contributed by atoms with Crippen LogP contribution in [0.3, 0.4) is 0 Å². The van der Waals surface area contributed by atoms with Gasteiger partial charge in [-0.3, -0.25) is 4.79 Å². The Kier molecular flexibility index (Phi) is 6.28. The molecule has 5 nitrogen and oxygen atoms in total. The van der Waals surface area contributed by atoms with E-state index in [9.17, 15) is 4.79 Å². The highest BCUT2D eigenvalue weighted by Gasteiger charge is 2.13. The lowest BCUT2D eigenvalue weighted by atomic mass is 10.1. The van der Waals surface area contributed by atoms with Gasteiger partial charge in [0, 0.05) is 17.7 Å². The molecule has 1 atom stereocenters. The first-order valence-electron chi connectivity index (χ1n) is 6.70. The number of methoxy groups -OCH3 is 2. The normalized spacial score (nSPS) is 12.2. The number of ether oxygens (including phenoxy) is 2. The Balaban J connectivity index is 3.08. The maximum absolute atomic E-state index is 12.0. The third-order valence-corrected chi connectivity index (χ3v) is 3.10. The monoisotopic (exact) mass is 288 g/mol. The first-order valence-corrected chi connectivity index (χ1v) is 6.70.